The lowest BCUT2D eigenvalue weighted by Crippen LogP contribution is -2.05. The van der Waals surface area contributed by atoms with Crippen LogP contribution in [0.2, 0.25) is 0 Å². The van der Waals surface area contributed by atoms with E-state index >= 15 is 0 Å². The van der Waals surface area contributed by atoms with Gasteiger partial charge in [-0.15, -0.1) is 0 Å². The van der Waals surface area contributed by atoms with Crippen molar-refractivity contribution in [3.05, 3.63) is 11.6 Å². The Morgan fingerprint density at radius 1 is 1.36 bits per heavy atom. The van der Waals surface area contributed by atoms with E-state index in [4.69, 9.17) is 10.5 Å². The molecule has 14 heavy (non-hydrogen) atoms. The lowest BCUT2D eigenvalue weighted by molar-refractivity contribution is 0.222. The van der Waals surface area contributed by atoms with Gasteiger partial charge in [0.25, 0.3) is 0 Å². The van der Waals surface area contributed by atoms with E-state index < -0.39 is 0 Å². The molecule has 0 saturated heterocycles. The lowest BCUT2D eigenvalue weighted by Gasteiger charge is -2.16. The summed E-state index contributed by atoms with van der Waals surface area (Å²) in [5.41, 5.74) is 7.23. The average molecular weight is 199 g/mol. The Morgan fingerprint density at radius 2 is 2.00 bits per heavy atom. The molecule has 0 aliphatic carbocycles. The quantitative estimate of drug-likeness (QED) is 0.668. The second-order valence-corrected chi connectivity index (χ2v) is 4.95. The highest BCUT2D eigenvalue weighted by Gasteiger charge is 2.08. The molecule has 0 aromatic carbocycles. The zero-order valence-electron chi connectivity index (χ0n) is 10.1. The van der Waals surface area contributed by atoms with Gasteiger partial charge in [0.15, 0.2) is 0 Å². The third-order valence-electron chi connectivity index (χ3n) is 2.03. The van der Waals surface area contributed by atoms with Gasteiger partial charge in [-0.1, -0.05) is 26.8 Å². The number of methoxy groups -OCH3 is 1. The van der Waals surface area contributed by atoms with Crippen LogP contribution in [-0.4, -0.2) is 20.3 Å². The summed E-state index contributed by atoms with van der Waals surface area (Å²) in [4.78, 5) is 0. The van der Waals surface area contributed by atoms with Crippen LogP contribution < -0.4 is 5.73 Å². The minimum Gasteiger partial charge on any atom is -0.380 e. The second-order valence-electron chi connectivity index (χ2n) is 4.95. The topological polar surface area (TPSA) is 35.2 Å². The third-order valence-corrected chi connectivity index (χ3v) is 2.03. The molecule has 0 amide bonds. The second kappa shape index (κ2) is 7.02. The van der Waals surface area contributed by atoms with Crippen molar-refractivity contribution in [2.75, 3.05) is 20.3 Å². The standard InChI is InChI=1S/C12H25NO/c1-12(2,3)8-7-11(10-14-4)6-5-9-13/h7H,5-6,8-10,13H2,1-4H3. The van der Waals surface area contributed by atoms with E-state index in [-0.39, 0.29) is 0 Å². The van der Waals surface area contributed by atoms with Crippen LogP contribution in [0.5, 0.6) is 0 Å². The summed E-state index contributed by atoms with van der Waals surface area (Å²) in [6.07, 6.45) is 5.54. The van der Waals surface area contributed by atoms with Crippen molar-refractivity contribution in [1.29, 1.82) is 0 Å². The van der Waals surface area contributed by atoms with Crippen molar-refractivity contribution in [3.8, 4) is 0 Å². The molecule has 2 heteroatoms. The van der Waals surface area contributed by atoms with E-state index in [9.17, 15) is 0 Å². The first-order valence-electron chi connectivity index (χ1n) is 5.36. The van der Waals surface area contributed by atoms with Crippen molar-refractivity contribution in [1.82, 2.24) is 0 Å². The Morgan fingerprint density at radius 3 is 2.43 bits per heavy atom. The molecule has 0 saturated carbocycles. The van der Waals surface area contributed by atoms with Crippen LogP contribution >= 0.6 is 0 Å². The number of hydrogen-bond acceptors (Lipinski definition) is 2. The van der Waals surface area contributed by atoms with Gasteiger partial charge in [-0.05, 0) is 36.8 Å². The summed E-state index contributed by atoms with van der Waals surface area (Å²) in [6.45, 7) is 8.25. The molecule has 0 spiro atoms. The Hall–Kier alpha value is -0.340. The maximum absolute atomic E-state index is 5.49. The number of hydrogen-bond donors (Lipinski definition) is 1. The largest absolute Gasteiger partial charge is 0.380 e. The number of rotatable bonds is 6. The van der Waals surface area contributed by atoms with Gasteiger partial charge < -0.3 is 10.5 Å². The first-order valence-corrected chi connectivity index (χ1v) is 5.36. The van der Waals surface area contributed by atoms with Gasteiger partial charge in [-0.2, -0.15) is 0 Å². The highest BCUT2D eigenvalue weighted by atomic mass is 16.5. The summed E-state index contributed by atoms with van der Waals surface area (Å²) in [5, 5.41) is 0. The summed E-state index contributed by atoms with van der Waals surface area (Å²) in [7, 11) is 1.74. The van der Waals surface area contributed by atoms with Gasteiger partial charge in [-0.3, -0.25) is 0 Å². The third kappa shape index (κ3) is 8.27. The fourth-order valence-corrected chi connectivity index (χ4v) is 1.20. The molecule has 2 N–H and O–H groups in total. The predicted molar refractivity (Wildman–Crippen MR) is 62.3 cm³/mol. The fourth-order valence-electron chi connectivity index (χ4n) is 1.20. The summed E-state index contributed by atoms with van der Waals surface area (Å²) in [5.74, 6) is 0. The van der Waals surface area contributed by atoms with Crippen molar-refractivity contribution >= 4 is 0 Å². The van der Waals surface area contributed by atoms with Crippen LogP contribution in [0.1, 0.15) is 40.0 Å². The molecule has 0 bridgehead atoms. The van der Waals surface area contributed by atoms with Crippen molar-refractivity contribution in [3.63, 3.8) is 0 Å². The van der Waals surface area contributed by atoms with Gasteiger partial charge in [0, 0.05) is 7.11 Å². The molecule has 0 aromatic rings. The van der Waals surface area contributed by atoms with Crippen LogP contribution in [0, 0.1) is 5.41 Å². The molecule has 0 aliphatic rings. The van der Waals surface area contributed by atoms with Crippen LogP contribution in [0.4, 0.5) is 0 Å². The van der Waals surface area contributed by atoms with Crippen molar-refractivity contribution in [2.45, 2.75) is 40.0 Å². The summed E-state index contributed by atoms with van der Waals surface area (Å²) in [6, 6.07) is 0. The van der Waals surface area contributed by atoms with Gasteiger partial charge in [0.2, 0.25) is 0 Å². The Bertz CT molecular complexity index is 168. The Labute approximate surface area is 88.5 Å². The number of nitrogens with two attached hydrogens (primary N) is 1. The normalized spacial score (nSPS) is 13.4. The van der Waals surface area contributed by atoms with Crippen LogP contribution in [0.25, 0.3) is 0 Å². The first kappa shape index (κ1) is 13.7. The minimum absolute atomic E-state index is 0.363. The molecule has 2 nitrogen and oxygen atoms in total. The molecular weight excluding hydrogens is 174 g/mol. The molecule has 0 rings (SSSR count). The molecule has 0 unspecified atom stereocenters. The zero-order valence-corrected chi connectivity index (χ0v) is 10.1. The summed E-state index contributed by atoms with van der Waals surface area (Å²) >= 11 is 0. The lowest BCUT2D eigenvalue weighted by atomic mass is 9.91. The molecule has 0 atom stereocenters. The first-order chi connectivity index (χ1) is 6.49. The SMILES string of the molecule is COCC(=CCC(C)(C)C)CCCN. The molecule has 0 heterocycles. The molecule has 0 radical (unpaired) electrons. The van der Waals surface area contributed by atoms with E-state index in [1.807, 2.05) is 0 Å². The van der Waals surface area contributed by atoms with E-state index in [0.29, 0.717) is 5.41 Å². The number of allylic oxidation sites excluding steroid dienone is 1. The Kier molecular flexibility index (Phi) is 6.85. The highest BCUT2D eigenvalue weighted by molar-refractivity contribution is 5.03. The maximum atomic E-state index is 5.49. The van der Waals surface area contributed by atoms with Gasteiger partial charge in [0.1, 0.15) is 0 Å². The van der Waals surface area contributed by atoms with Crippen molar-refractivity contribution < 1.29 is 4.74 Å². The minimum atomic E-state index is 0.363. The molecule has 0 aliphatic heterocycles. The van der Waals surface area contributed by atoms with E-state index in [2.05, 4.69) is 26.8 Å². The Balaban J connectivity index is 4.04. The number of ether oxygens (including phenoxy) is 1. The highest BCUT2D eigenvalue weighted by Crippen LogP contribution is 2.21. The van der Waals surface area contributed by atoms with Gasteiger partial charge >= 0.3 is 0 Å². The van der Waals surface area contributed by atoms with Crippen LogP contribution in [0.3, 0.4) is 0 Å². The molecule has 84 valence electrons. The smallest absolute Gasteiger partial charge is 0.0673 e. The predicted octanol–water partition coefficient (Wildman–Crippen LogP) is 2.73. The van der Waals surface area contributed by atoms with Crippen LogP contribution in [-0.2, 0) is 4.74 Å². The van der Waals surface area contributed by atoms with Gasteiger partial charge in [0.05, 0.1) is 6.61 Å². The molecule has 0 fully saturated rings. The maximum Gasteiger partial charge on any atom is 0.0673 e. The van der Waals surface area contributed by atoms with Crippen LogP contribution in [0.15, 0.2) is 11.6 Å². The fraction of sp³-hybridized carbons (Fsp3) is 0.833. The van der Waals surface area contributed by atoms with Crippen molar-refractivity contribution in [2.24, 2.45) is 11.1 Å². The average Bonchev–Trinajstić information content (AvgIpc) is 2.08. The van der Waals surface area contributed by atoms with E-state index in [1.165, 1.54) is 5.57 Å². The van der Waals surface area contributed by atoms with E-state index in [0.717, 1.165) is 32.4 Å². The monoisotopic (exact) mass is 199 g/mol. The van der Waals surface area contributed by atoms with Gasteiger partial charge in [-0.25, -0.2) is 0 Å². The molecular formula is C12H25NO. The zero-order chi connectivity index (χ0) is 11.0. The molecule has 0 aromatic heterocycles. The summed E-state index contributed by atoms with van der Waals surface area (Å²) < 4.78 is 5.16. The van der Waals surface area contributed by atoms with E-state index in [1.54, 1.807) is 7.11 Å².